The molecule has 142 valence electrons. The molecule has 0 spiro atoms. The number of esters is 1. The summed E-state index contributed by atoms with van der Waals surface area (Å²) >= 11 is 0. The van der Waals surface area contributed by atoms with E-state index in [4.69, 9.17) is 0 Å². The molecule has 3 rings (SSSR count). The fourth-order valence-corrected chi connectivity index (χ4v) is 3.69. The Labute approximate surface area is 159 Å². The van der Waals surface area contributed by atoms with E-state index in [9.17, 15) is 14.7 Å². The van der Waals surface area contributed by atoms with Crippen LogP contribution in [-0.4, -0.2) is 29.0 Å². The van der Waals surface area contributed by atoms with E-state index in [1.807, 2.05) is 6.07 Å². The predicted octanol–water partition coefficient (Wildman–Crippen LogP) is 4.15. The lowest BCUT2D eigenvalue weighted by atomic mass is 9.62. The summed E-state index contributed by atoms with van der Waals surface area (Å²) in [7, 11) is 1.28. The molecule has 1 N–H and O–H groups in total. The number of aromatic nitrogens is 1. The Kier molecular flexibility index (Phi) is 4.58. The summed E-state index contributed by atoms with van der Waals surface area (Å²) in [6.45, 7) is 8.66. The molecule has 0 bridgehead atoms. The predicted molar refractivity (Wildman–Crippen MR) is 102 cm³/mol. The molecule has 0 unspecified atom stereocenters. The molecule has 0 fully saturated rings. The highest BCUT2D eigenvalue weighted by molar-refractivity contribution is 6.11. The van der Waals surface area contributed by atoms with Crippen LogP contribution in [0, 0.1) is 0 Å². The second kappa shape index (κ2) is 6.48. The van der Waals surface area contributed by atoms with Gasteiger partial charge >= 0.3 is 5.97 Å². The first-order chi connectivity index (χ1) is 12.6. The highest BCUT2D eigenvalue weighted by atomic mass is 16.5. The number of hydrogen-bond donors (Lipinski definition) is 1. The number of pyridine rings is 1. The average molecular weight is 367 g/mol. The molecule has 5 nitrogen and oxygen atoms in total. The van der Waals surface area contributed by atoms with Crippen LogP contribution in [0.1, 0.15) is 78.1 Å². The van der Waals surface area contributed by atoms with Gasteiger partial charge in [-0.1, -0.05) is 27.7 Å². The van der Waals surface area contributed by atoms with Crippen LogP contribution < -0.4 is 0 Å². The first kappa shape index (κ1) is 19.1. The van der Waals surface area contributed by atoms with E-state index in [0.29, 0.717) is 5.56 Å². The summed E-state index contributed by atoms with van der Waals surface area (Å²) in [6.07, 6.45) is 3.38. The van der Waals surface area contributed by atoms with Crippen LogP contribution in [0.3, 0.4) is 0 Å². The Morgan fingerprint density at radius 3 is 2.15 bits per heavy atom. The lowest BCUT2D eigenvalue weighted by Gasteiger charge is -2.42. The fourth-order valence-electron chi connectivity index (χ4n) is 3.69. The molecule has 0 aliphatic heterocycles. The molecule has 1 aromatic heterocycles. The van der Waals surface area contributed by atoms with E-state index in [2.05, 4.69) is 37.4 Å². The van der Waals surface area contributed by atoms with Gasteiger partial charge in [-0.15, -0.1) is 0 Å². The summed E-state index contributed by atoms with van der Waals surface area (Å²) in [6, 6.07) is 6.53. The van der Waals surface area contributed by atoms with Crippen molar-refractivity contribution in [3.63, 3.8) is 0 Å². The van der Waals surface area contributed by atoms with Crippen molar-refractivity contribution in [2.24, 2.45) is 0 Å². The van der Waals surface area contributed by atoms with Crippen LogP contribution in [-0.2, 0) is 15.6 Å². The number of carbonyl (C=O) groups excluding carboxylic acids is 2. The van der Waals surface area contributed by atoms with Gasteiger partial charge in [-0.2, -0.15) is 0 Å². The lowest BCUT2D eigenvalue weighted by Crippen LogP contribution is -2.34. The molecular weight excluding hydrogens is 342 g/mol. The normalized spacial score (nSPS) is 17.1. The van der Waals surface area contributed by atoms with Gasteiger partial charge in [0.15, 0.2) is 5.78 Å². The molecule has 5 heteroatoms. The van der Waals surface area contributed by atoms with E-state index in [1.54, 1.807) is 6.07 Å². The van der Waals surface area contributed by atoms with Gasteiger partial charge in [0.1, 0.15) is 11.4 Å². The standard InChI is InChI=1S/C22H25NO4/c1-21(2)8-9-22(3,4)16-11-18(24)14(10-15(16)21)19(25)13-6-7-17(23-12-13)20(26)27-5/h6-7,10-12,24H,8-9H2,1-5H3. The maximum absolute atomic E-state index is 13.0. The number of benzene rings is 1. The van der Waals surface area contributed by atoms with Crippen LogP contribution in [0.5, 0.6) is 5.75 Å². The first-order valence-electron chi connectivity index (χ1n) is 9.04. The van der Waals surface area contributed by atoms with Crippen molar-refractivity contribution in [1.29, 1.82) is 0 Å². The smallest absolute Gasteiger partial charge is 0.356 e. The molecule has 0 radical (unpaired) electrons. The number of phenolic OH excluding ortho intramolecular Hbond substituents is 1. The van der Waals surface area contributed by atoms with Crippen molar-refractivity contribution in [3.05, 3.63) is 58.4 Å². The highest BCUT2D eigenvalue weighted by Gasteiger charge is 2.38. The number of carbonyl (C=O) groups is 2. The molecule has 27 heavy (non-hydrogen) atoms. The number of methoxy groups -OCH3 is 1. The third-order valence-electron chi connectivity index (χ3n) is 5.63. The monoisotopic (exact) mass is 367 g/mol. The molecule has 1 aromatic carbocycles. The minimum Gasteiger partial charge on any atom is -0.507 e. The van der Waals surface area contributed by atoms with Crippen molar-refractivity contribution < 1.29 is 19.4 Å². The molecule has 0 atom stereocenters. The van der Waals surface area contributed by atoms with Crippen molar-refractivity contribution in [3.8, 4) is 5.75 Å². The van der Waals surface area contributed by atoms with Crippen LogP contribution in [0.4, 0.5) is 0 Å². The van der Waals surface area contributed by atoms with Gasteiger partial charge in [0.25, 0.3) is 0 Å². The molecule has 1 aliphatic carbocycles. The number of nitrogens with zero attached hydrogens (tertiary/aromatic N) is 1. The first-order valence-corrected chi connectivity index (χ1v) is 9.04. The topological polar surface area (TPSA) is 76.5 Å². The molecular formula is C22H25NO4. The quantitative estimate of drug-likeness (QED) is 0.651. The number of ether oxygens (including phenoxy) is 1. The molecule has 1 heterocycles. The number of fused-ring (bicyclic) bond motifs is 1. The molecule has 0 saturated carbocycles. The van der Waals surface area contributed by atoms with Crippen LogP contribution in [0.15, 0.2) is 30.5 Å². The molecule has 0 amide bonds. The lowest BCUT2D eigenvalue weighted by molar-refractivity contribution is 0.0593. The third-order valence-corrected chi connectivity index (χ3v) is 5.63. The van der Waals surface area contributed by atoms with Gasteiger partial charge in [-0.05, 0) is 59.1 Å². The van der Waals surface area contributed by atoms with E-state index in [0.717, 1.165) is 24.0 Å². The van der Waals surface area contributed by atoms with Crippen LogP contribution >= 0.6 is 0 Å². The number of phenols is 1. The zero-order chi connectivity index (χ0) is 20.0. The Bertz CT molecular complexity index is 911. The van der Waals surface area contributed by atoms with Crippen molar-refractivity contribution in [1.82, 2.24) is 4.98 Å². The zero-order valence-corrected chi connectivity index (χ0v) is 16.4. The number of hydrogen-bond acceptors (Lipinski definition) is 5. The second-order valence-electron chi connectivity index (χ2n) is 8.44. The summed E-state index contributed by atoms with van der Waals surface area (Å²) in [4.78, 5) is 28.4. The number of rotatable bonds is 3. The van der Waals surface area contributed by atoms with E-state index >= 15 is 0 Å². The van der Waals surface area contributed by atoms with Gasteiger partial charge < -0.3 is 9.84 Å². The summed E-state index contributed by atoms with van der Waals surface area (Å²) < 4.78 is 4.62. The van der Waals surface area contributed by atoms with Gasteiger partial charge in [0.05, 0.1) is 12.7 Å². The van der Waals surface area contributed by atoms with Gasteiger partial charge in [-0.3, -0.25) is 4.79 Å². The van der Waals surface area contributed by atoms with Gasteiger partial charge in [0.2, 0.25) is 0 Å². The zero-order valence-electron chi connectivity index (χ0n) is 16.4. The Balaban J connectivity index is 2.05. The number of aromatic hydroxyl groups is 1. The molecule has 1 aliphatic rings. The Hall–Kier alpha value is -2.69. The Morgan fingerprint density at radius 2 is 1.63 bits per heavy atom. The van der Waals surface area contributed by atoms with E-state index in [1.165, 1.54) is 25.4 Å². The van der Waals surface area contributed by atoms with E-state index in [-0.39, 0.29) is 33.6 Å². The summed E-state index contributed by atoms with van der Waals surface area (Å²) in [5.74, 6) is -0.908. The minimum absolute atomic E-state index is 0.0263. The van der Waals surface area contributed by atoms with Crippen molar-refractivity contribution in [2.75, 3.05) is 7.11 Å². The van der Waals surface area contributed by atoms with Gasteiger partial charge in [-0.25, -0.2) is 9.78 Å². The van der Waals surface area contributed by atoms with Crippen LogP contribution in [0.2, 0.25) is 0 Å². The highest BCUT2D eigenvalue weighted by Crippen LogP contribution is 2.47. The van der Waals surface area contributed by atoms with Crippen molar-refractivity contribution >= 4 is 11.8 Å². The largest absolute Gasteiger partial charge is 0.507 e. The molecule has 2 aromatic rings. The van der Waals surface area contributed by atoms with E-state index < -0.39 is 5.97 Å². The molecule has 0 saturated heterocycles. The SMILES string of the molecule is COC(=O)c1ccc(C(=O)c2cc3c(cc2O)C(C)(C)CCC3(C)C)cn1. The van der Waals surface area contributed by atoms with Crippen molar-refractivity contribution in [2.45, 2.75) is 51.4 Å². The fraction of sp³-hybridized carbons (Fsp3) is 0.409. The number of ketones is 1. The van der Waals surface area contributed by atoms with Crippen LogP contribution in [0.25, 0.3) is 0 Å². The van der Waals surface area contributed by atoms with Gasteiger partial charge in [0, 0.05) is 11.8 Å². The third kappa shape index (κ3) is 3.34. The second-order valence-corrected chi connectivity index (χ2v) is 8.44. The summed E-state index contributed by atoms with van der Waals surface area (Å²) in [5.41, 5.74) is 2.77. The minimum atomic E-state index is -0.561. The Morgan fingerprint density at radius 1 is 1.04 bits per heavy atom. The average Bonchev–Trinajstić information content (AvgIpc) is 2.64. The maximum Gasteiger partial charge on any atom is 0.356 e. The summed E-state index contributed by atoms with van der Waals surface area (Å²) in [5, 5.41) is 10.6. The maximum atomic E-state index is 13.0.